The maximum absolute atomic E-state index is 14.0. The molecule has 0 bridgehead atoms. The maximum atomic E-state index is 14.0. The van der Waals surface area contributed by atoms with Crippen molar-refractivity contribution < 1.29 is 4.39 Å². The van der Waals surface area contributed by atoms with E-state index < -0.39 is 0 Å². The molecule has 1 heteroatoms. The van der Waals surface area contributed by atoms with Gasteiger partial charge in [0.1, 0.15) is 5.82 Å². The van der Waals surface area contributed by atoms with Crippen molar-refractivity contribution in [2.75, 3.05) is 0 Å². The summed E-state index contributed by atoms with van der Waals surface area (Å²) in [5, 5.41) is 0. The van der Waals surface area contributed by atoms with Gasteiger partial charge in [0.2, 0.25) is 0 Å². The van der Waals surface area contributed by atoms with Crippen molar-refractivity contribution in [2.24, 2.45) is 17.8 Å². The molecule has 0 atom stereocenters. The number of hydrogen-bond donors (Lipinski definition) is 0. The van der Waals surface area contributed by atoms with E-state index >= 15 is 0 Å². The summed E-state index contributed by atoms with van der Waals surface area (Å²) in [7, 11) is 0. The lowest BCUT2D eigenvalue weighted by molar-refractivity contribution is 0.158. The van der Waals surface area contributed by atoms with Gasteiger partial charge in [0.05, 0.1) is 0 Å². The Balaban J connectivity index is 1.53. The summed E-state index contributed by atoms with van der Waals surface area (Å²) >= 11 is 0. The zero-order valence-corrected chi connectivity index (χ0v) is 15.0. The molecule has 1 aromatic carbocycles. The molecule has 2 aliphatic rings. The number of rotatable bonds is 4. The van der Waals surface area contributed by atoms with Gasteiger partial charge in [0, 0.05) is 0 Å². The number of halogens is 1. The Hall–Kier alpha value is -0.850. The van der Waals surface area contributed by atoms with Gasteiger partial charge in [-0.2, -0.15) is 0 Å². The predicted molar refractivity (Wildman–Crippen MR) is 96.2 cm³/mol. The van der Waals surface area contributed by atoms with Crippen LogP contribution in [0.1, 0.15) is 88.7 Å². The molecule has 128 valence electrons. The third-order valence-corrected chi connectivity index (χ3v) is 6.84. The fraction of sp³-hybridized carbons (Fsp3) is 0.727. The highest BCUT2D eigenvalue weighted by Gasteiger charge is 2.31. The molecule has 2 fully saturated rings. The quantitative estimate of drug-likeness (QED) is 0.568. The van der Waals surface area contributed by atoms with E-state index in [0.717, 1.165) is 29.7 Å². The summed E-state index contributed by atoms with van der Waals surface area (Å²) in [6.45, 7) is 4.37. The smallest absolute Gasteiger partial charge is 0.126 e. The highest BCUT2D eigenvalue weighted by Crippen LogP contribution is 2.44. The van der Waals surface area contributed by atoms with Gasteiger partial charge < -0.3 is 0 Å². The second-order valence-corrected chi connectivity index (χ2v) is 8.01. The van der Waals surface area contributed by atoms with Gasteiger partial charge >= 0.3 is 0 Å². The molecular formula is C22H33F. The Labute approximate surface area is 141 Å². The molecule has 0 amide bonds. The molecule has 0 aliphatic heterocycles. The van der Waals surface area contributed by atoms with Gasteiger partial charge in [0.15, 0.2) is 0 Å². The Kier molecular flexibility index (Phi) is 5.77. The molecule has 0 saturated heterocycles. The average molecular weight is 317 g/mol. The van der Waals surface area contributed by atoms with Gasteiger partial charge in [-0.25, -0.2) is 4.39 Å². The lowest BCUT2D eigenvalue weighted by Crippen LogP contribution is -2.25. The van der Waals surface area contributed by atoms with Gasteiger partial charge in [-0.3, -0.25) is 0 Å². The van der Waals surface area contributed by atoms with Gasteiger partial charge in [0.25, 0.3) is 0 Å². The van der Waals surface area contributed by atoms with Crippen molar-refractivity contribution in [3.05, 3.63) is 35.1 Å². The Morgan fingerprint density at radius 3 is 2.00 bits per heavy atom. The molecular weight excluding hydrogens is 283 g/mol. The highest BCUT2D eigenvalue weighted by atomic mass is 19.1. The van der Waals surface area contributed by atoms with E-state index in [0.29, 0.717) is 5.92 Å². The molecule has 0 nitrogen and oxygen atoms in total. The summed E-state index contributed by atoms with van der Waals surface area (Å²) in [6.07, 6.45) is 13.3. The first-order valence-electron chi connectivity index (χ1n) is 9.99. The lowest BCUT2D eigenvalue weighted by Gasteiger charge is -2.38. The molecule has 0 spiro atoms. The summed E-state index contributed by atoms with van der Waals surface area (Å²) in [4.78, 5) is 0. The van der Waals surface area contributed by atoms with Gasteiger partial charge in [-0.15, -0.1) is 0 Å². The zero-order valence-electron chi connectivity index (χ0n) is 15.0. The van der Waals surface area contributed by atoms with Crippen LogP contribution in [0, 0.1) is 23.6 Å². The van der Waals surface area contributed by atoms with Crippen LogP contribution >= 0.6 is 0 Å². The van der Waals surface area contributed by atoms with Crippen molar-refractivity contribution in [3.8, 4) is 0 Å². The van der Waals surface area contributed by atoms with E-state index in [2.05, 4.69) is 13.0 Å². The van der Waals surface area contributed by atoms with Crippen LogP contribution in [0.5, 0.6) is 0 Å². The first kappa shape index (κ1) is 17.0. The highest BCUT2D eigenvalue weighted by molar-refractivity contribution is 5.27. The van der Waals surface area contributed by atoms with Crippen molar-refractivity contribution >= 4 is 0 Å². The van der Waals surface area contributed by atoms with E-state index in [-0.39, 0.29) is 5.82 Å². The first-order chi connectivity index (χ1) is 11.2. The molecule has 2 aliphatic carbocycles. The van der Waals surface area contributed by atoms with Crippen molar-refractivity contribution in [1.82, 2.24) is 0 Å². The minimum atomic E-state index is 0.00464. The molecule has 0 radical (unpaired) electrons. The average Bonchev–Trinajstić information content (AvgIpc) is 2.62. The SMILES string of the molecule is CCc1ccc(C2CCC(C3CCC(CC)CC3)CC2)cc1F. The van der Waals surface area contributed by atoms with Gasteiger partial charge in [-0.05, 0) is 85.8 Å². The van der Waals surface area contributed by atoms with Crippen LogP contribution in [0.15, 0.2) is 18.2 Å². The normalized spacial score (nSPS) is 32.0. The topological polar surface area (TPSA) is 0 Å². The molecule has 23 heavy (non-hydrogen) atoms. The minimum absolute atomic E-state index is 0.00464. The van der Waals surface area contributed by atoms with E-state index in [1.165, 1.54) is 63.4 Å². The molecule has 1 aromatic rings. The summed E-state index contributed by atoms with van der Waals surface area (Å²) in [6, 6.07) is 6.00. The molecule has 0 heterocycles. The van der Waals surface area contributed by atoms with E-state index in [4.69, 9.17) is 0 Å². The van der Waals surface area contributed by atoms with Crippen molar-refractivity contribution in [1.29, 1.82) is 0 Å². The molecule has 3 rings (SSSR count). The number of benzene rings is 1. The molecule has 2 saturated carbocycles. The summed E-state index contributed by atoms with van der Waals surface area (Å²) < 4.78 is 14.0. The molecule has 0 N–H and O–H groups in total. The monoisotopic (exact) mass is 316 g/mol. The largest absolute Gasteiger partial charge is 0.207 e. The Morgan fingerprint density at radius 2 is 1.48 bits per heavy atom. The van der Waals surface area contributed by atoms with Crippen LogP contribution in [0.2, 0.25) is 0 Å². The second kappa shape index (κ2) is 7.81. The third-order valence-electron chi connectivity index (χ3n) is 6.84. The van der Waals surface area contributed by atoms with Crippen molar-refractivity contribution in [2.45, 2.75) is 84.0 Å². The van der Waals surface area contributed by atoms with Crippen LogP contribution in [-0.4, -0.2) is 0 Å². The van der Waals surface area contributed by atoms with E-state index in [1.54, 1.807) is 0 Å². The fourth-order valence-electron chi connectivity index (χ4n) is 5.10. The second-order valence-electron chi connectivity index (χ2n) is 8.01. The van der Waals surface area contributed by atoms with Crippen LogP contribution in [0.4, 0.5) is 4.39 Å². The minimum Gasteiger partial charge on any atom is -0.207 e. The lowest BCUT2D eigenvalue weighted by atomic mass is 9.68. The summed E-state index contributed by atoms with van der Waals surface area (Å²) in [5.41, 5.74) is 2.10. The standard InChI is InChI=1S/C22H33F/c1-3-16-5-7-18(8-6-16)19-10-12-20(13-11-19)21-14-9-17(4-2)22(23)15-21/h9,14-16,18-20H,3-8,10-13H2,1-2H3. The van der Waals surface area contributed by atoms with Crippen LogP contribution in [-0.2, 0) is 6.42 Å². The predicted octanol–water partition coefficient (Wildman–Crippen LogP) is 6.88. The van der Waals surface area contributed by atoms with Crippen LogP contribution < -0.4 is 0 Å². The molecule has 0 aromatic heterocycles. The maximum Gasteiger partial charge on any atom is 0.126 e. The van der Waals surface area contributed by atoms with Crippen LogP contribution in [0.25, 0.3) is 0 Å². The first-order valence-corrected chi connectivity index (χ1v) is 9.99. The van der Waals surface area contributed by atoms with Crippen LogP contribution in [0.3, 0.4) is 0 Å². The van der Waals surface area contributed by atoms with E-state index in [9.17, 15) is 4.39 Å². The Bertz CT molecular complexity index is 491. The number of aryl methyl sites for hydroxylation is 1. The number of hydrogen-bond acceptors (Lipinski definition) is 0. The van der Waals surface area contributed by atoms with Gasteiger partial charge in [-0.1, -0.05) is 45.2 Å². The van der Waals surface area contributed by atoms with E-state index in [1.807, 2.05) is 19.1 Å². The zero-order chi connectivity index (χ0) is 16.2. The summed E-state index contributed by atoms with van der Waals surface area (Å²) in [5.74, 6) is 3.54. The Morgan fingerprint density at radius 1 is 0.870 bits per heavy atom. The van der Waals surface area contributed by atoms with Crippen molar-refractivity contribution in [3.63, 3.8) is 0 Å². The molecule has 0 unspecified atom stereocenters. The fourth-order valence-corrected chi connectivity index (χ4v) is 5.10. The third kappa shape index (κ3) is 3.98.